The lowest BCUT2D eigenvalue weighted by molar-refractivity contribution is 0.0101. The lowest BCUT2D eigenvalue weighted by Crippen LogP contribution is -2.66. The van der Waals surface area contributed by atoms with E-state index in [4.69, 9.17) is 0 Å². The van der Waals surface area contributed by atoms with Crippen LogP contribution in [0.15, 0.2) is 0 Å². The predicted octanol–water partition coefficient (Wildman–Crippen LogP) is 3.91. The summed E-state index contributed by atoms with van der Waals surface area (Å²) in [4.78, 5) is 2.89. The minimum Gasteiger partial charge on any atom is -0.309 e. The van der Waals surface area contributed by atoms with Crippen LogP contribution in [-0.4, -0.2) is 35.6 Å². The molecule has 0 aromatic carbocycles. The fourth-order valence-corrected chi connectivity index (χ4v) is 4.53. The minimum atomic E-state index is 0.315. The van der Waals surface area contributed by atoms with Crippen LogP contribution >= 0.6 is 0 Å². The molecule has 1 heterocycles. The first-order valence-corrected chi connectivity index (χ1v) is 8.92. The van der Waals surface area contributed by atoms with Crippen molar-refractivity contribution in [3.05, 3.63) is 0 Å². The van der Waals surface area contributed by atoms with Crippen molar-refractivity contribution < 1.29 is 0 Å². The van der Waals surface area contributed by atoms with Crippen molar-refractivity contribution >= 4 is 0 Å². The van der Waals surface area contributed by atoms with Gasteiger partial charge in [0.05, 0.1) is 0 Å². The summed E-state index contributed by atoms with van der Waals surface area (Å²) in [6.45, 7) is 16.8. The molecular formula is C18H36N2. The fourth-order valence-electron chi connectivity index (χ4n) is 4.53. The number of nitrogens with one attached hydrogen (secondary N) is 1. The second-order valence-electron chi connectivity index (χ2n) is 7.95. The van der Waals surface area contributed by atoms with E-state index in [1.54, 1.807) is 0 Å². The molecule has 2 aliphatic rings. The number of hydrogen-bond donors (Lipinski definition) is 1. The Labute approximate surface area is 126 Å². The summed E-state index contributed by atoms with van der Waals surface area (Å²) in [6, 6.07) is 1.54. The van der Waals surface area contributed by atoms with Crippen LogP contribution in [0.2, 0.25) is 0 Å². The molecule has 1 N–H and O–H groups in total. The largest absolute Gasteiger partial charge is 0.309 e. The molecule has 0 aromatic heterocycles. The first-order valence-electron chi connectivity index (χ1n) is 8.92. The molecule has 2 heteroatoms. The van der Waals surface area contributed by atoms with Gasteiger partial charge in [-0.3, -0.25) is 4.90 Å². The van der Waals surface area contributed by atoms with Crippen molar-refractivity contribution in [1.82, 2.24) is 10.2 Å². The van der Waals surface area contributed by atoms with Crippen LogP contribution in [-0.2, 0) is 0 Å². The average Bonchev–Trinajstić information content (AvgIpc) is 2.79. The first-order chi connectivity index (χ1) is 9.41. The van der Waals surface area contributed by atoms with Gasteiger partial charge in [0.2, 0.25) is 0 Å². The van der Waals surface area contributed by atoms with Gasteiger partial charge in [-0.05, 0) is 43.9 Å². The summed E-state index contributed by atoms with van der Waals surface area (Å²) in [7, 11) is 0. The summed E-state index contributed by atoms with van der Waals surface area (Å²) in [5, 5.41) is 3.83. The highest BCUT2D eigenvalue weighted by Crippen LogP contribution is 2.40. The zero-order chi connectivity index (χ0) is 14.9. The van der Waals surface area contributed by atoms with Gasteiger partial charge in [0, 0.05) is 30.7 Å². The molecular weight excluding hydrogens is 244 g/mol. The van der Waals surface area contributed by atoms with Gasteiger partial charge < -0.3 is 5.32 Å². The average molecular weight is 280 g/mol. The van der Waals surface area contributed by atoms with E-state index in [0.29, 0.717) is 5.54 Å². The first kappa shape index (κ1) is 16.3. The molecule has 5 unspecified atom stereocenters. The SMILES string of the molecule is CCC1CCC(N2CC(C)(CC)NCC2C(C)C)C1C. The van der Waals surface area contributed by atoms with Gasteiger partial charge in [-0.1, -0.05) is 41.0 Å². The molecule has 2 nitrogen and oxygen atoms in total. The number of rotatable bonds is 4. The molecule has 0 spiro atoms. The third-order valence-electron chi connectivity index (χ3n) is 6.38. The van der Waals surface area contributed by atoms with E-state index in [0.717, 1.165) is 29.8 Å². The van der Waals surface area contributed by atoms with Gasteiger partial charge in [0.15, 0.2) is 0 Å². The van der Waals surface area contributed by atoms with E-state index in [2.05, 4.69) is 51.8 Å². The van der Waals surface area contributed by atoms with E-state index >= 15 is 0 Å². The number of nitrogens with zero attached hydrogens (tertiary/aromatic N) is 1. The van der Waals surface area contributed by atoms with Crippen LogP contribution in [0, 0.1) is 17.8 Å². The van der Waals surface area contributed by atoms with E-state index in [1.165, 1.54) is 38.8 Å². The highest BCUT2D eigenvalue weighted by Gasteiger charge is 2.43. The maximum absolute atomic E-state index is 3.83. The maximum Gasteiger partial charge on any atom is 0.0278 e. The van der Waals surface area contributed by atoms with Gasteiger partial charge in [-0.25, -0.2) is 0 Å². The Kier molecular flexibility index (Phi) is 5.18. The standard InChI is InChI=1S/C18H36N2/c1-7-15-9-10-16(14(15)5)20-12-18(6,8-2)19-11-17(20)13(3)4/h13-17,19H,7-12H2,1-6H3. The van der Waals surface area contributed by atoms with E-state index in [9.17, 15) is 0 Å². The molecule has 5 atom stereocenters. The maximum atomic E-state index is 3.83. The summed E-state index contributed by atoms with van der Waals surface area (Å²) in [5.74, 6) is 2.58. The summed E-state index contributed by atoms with van der Waals surface area (Å²) in [6.07, 6.45) is 5.45. The third kappa shape index (κ3) is 3.06. The van der Waals surface area contributed by atoms with Crippen LogP contribution in [0.25, 0.3) is 0 Å². The normalized spacial score (nSPS) is 43.4. The van der Waals surface area contributed by atoms with Crippen LogP contribution in [0.5, 0.6) is 0 Å². The van der Waals surface area contributed by atoms with Gasteiger partial charge in [-0.15, -0.1) is 0 Å². The monoisotopic (exact) mass is 280 g/mol. The molecule has 0 radical (unpaired) electrons. The topological polar surface area (TPSA) is 15.3 Å². The molecule has 0 amide bonds. The minimum absolute atomic E-state index is 0.315. The van der Waals surface area contributed by atoms with Crippen molar-refractivity contribution in [3.8, 4) is 0 Å². The molecule has 2 fully saturated rings. The number of hydrogen-bond acceptors (Lipinski definition) is 2. The Balaban J connectivity index is 2.15. The molecule has 1 saturated carbocycles. The Bertz CT molecular complexity index is 315. The van der Waals surface area contributed by atoms with Crippen molar-refractivity contribution in [2.24, 2.45) is 17.8 Å². The predicted molar refractivity (Wildman–Crippen MR) is 88.0 cm³/mol. The van der Waals surface area contributed by atoms with Gasteiger partial charge >= 0.3 is 0 Å². The lowest BCUT2D eigenvalue weighted by Gasteiger charge is -2.51. The third-order valence-corrected chi connectivity index (χ3v) is 6.38. The highest BCUT2D eigenvalue weighted by molar-refractivity contribution is 5.00. The molecule has 118 valence electrons. The lowest BCUT2D eigenvalue weighted by atomic mass is 9.85. The van der Waals surface area contributed by atoms with Crippen molar-refractivity contribution in [2.75, 3.05) is 13.1 Å². The molecule has 1 saturated heterocycles. The molecule has 0 bridgehead atoms. The van der Waals surface area contributed by atoms with Crippen LogP contribution in [0.1, 0.15) is 67.2 Å². The van der Waals surface area contributed by atoms with Gasteiger partial charge in [0.25, 0.3) is 0 Å². The van der Waals surface area contributed by atoms with E-state index in [-0.39, 0.29) is 0 Å². The van der Waals surface area contributed by atoms with Gasteiger partial charge in [0.1, 0.15) is 0 Å². The zero-order valence-corrected chi connectivity index (χ0v) is 14.6. The number of piperazine rings is 1. The Hall–Kier alpha value is -0.0800. The summed E-state index contributed by atoms with van der Waals surface area (Å²) < 4.78 is 0. The van der Waals surface area contributed by atoms with Crippen LogP contribution in [0.4, 0.5) is 0 Å². The molecule has 20 heavy (non-hydrogen) atoms. The molecule has 0 aromatic rings. The zero-order valence-electron chi connectivity index (χ0n) is 14.6. The Morgan fingerprint density at radius 1 is 1.25 bits per heavy atom. The second kappa shape index (κ2) is 6.36. The van der Waals surface area contributed by atoms with Gasteiger partial charge in [-0.2, -0.15) is 0 Å². The van der Waals surface area contributed by atoms with Crippen molar-refractivity contribution in [3.63, 3.8) is 0 Å². The Morgan fingerprint density at radius 2 is 1.95 bits per heavy atom. The summed E-state index contributed by atoms with van der Waals surface area (Å²) in [5.41, 5.74) is 0.315. The quantitative estimate of drug-likeness (QED) is 0.840. The van der Waals surface area contributed by atoms with Crippen molar-refractivity contribution in [2.45, 2.75) is 84.8 Å². The van der Waals surface area contributed by atoms with Crippen LogP contribution in [0.3, 0.4) is 0 Å². The molecule has 2 rings (SSSR count). The Morgan fingerprint density at radius 3 is 2.45 bits per heavy atom. The fraction of sp³-hybridized carbons (Fsp3) is 1.00. The molecule has 1 aliphatic carbocycles. The smallest absolute Gasteiger partial charge is 0.0278 e. The van der Waals surface area contributed by atoms with Crippen molar-refractivity contribution in [1.29, 1.82) is 0 Å². The second-order valence-corrected chi connectivity index (χ2v) is 7.95. The van der Waals surface area contributed by atoms with E-state index in [1.807, 2.05) is 0 Å². The van der Waals surface area contributed by atoms with Crippen LogP contribution < -0.4 is 5.32 Å². The molecule has 1 aliphatic heterocycles. The highest BCUT2D eigenvalue weighted by atomic mass is 15.3. The summed E-state index contributed by atoms with van der Waals surface area (Å²) >= 11 is 0. The van der Waals surface area contributed by atoms with E-state index < -0.39 is 0 Å².